The van der Waals surface area contributed by atoms with Crippen LogP contribution in [-0.4, -0.2) is 155 Å². The van der Waals surface area contributed by atoms with Crippen molar-refractivity contribution in [1.82, 2.24) is 44.9 Å². The normalized spacial score (nSPS) is 20.7. The van der Waals surface area contributed by atoms with E-state index in [-0.39, 0.29) is 48.9 Å². The number of pyridine rings is 1. The van der Waals surface area contributed by atoms with E-state index < -0.39 is 35.4 Å². The molecule has 71 heavy (non-hydrogen) atoms. The maximum absolute atomic E-state index is 14.8. The Morgan fingerprint density at radius 2 is 1.80 bits per heavy atom. The highest BCUT2D eigenvalue weighted by Crippen LogP contribution is 2.42. The summed E-state index contributed by atoms with van der Waals surface area (Å²) in [6.07, 6.45) is 4.61. The van der Waals surface area contributed by atoms with Crippen LogP contribution in [0.15, 0.2) is 73.4 Å². The first-order valence-electron chi connectivity index (χ1n) is 25.3. The van der Waals surface area contributed by atoms with Crippen molar-refractivity contribution in [1.29, 1.82) is 0 Å². The highest BCUT2D eigenvalue weighted by Gasteiger charge is 2.39. The Balaban J connectivity index is 1.22. The maximum Gasteiger partial charge on any atom is 0.324 e. The summed E-state index contributed by atoms with van der Waals surface area (Å²) in [5.74, 6) is -1.72. The summed E-state index contributed by atoms with van der Waals surface area (Å²) in [4.78, 5) is 81.8. The molecule has 2 fully saturated rings. The highest BCUT2D eigenvalue weighted by atomic mass is 16.5. The molecule has 7 rings (SSSR count). The fourth-order valence-electron chi connectivity index (χ4n) is 10.6. The third-order valence-electron chi connectivity index (χ3n) is 14.6. The Morgan fingerprint density at radius 3 is 2.51 bits per heavy atom. The molecule has 5 heterocycles. The number of benzene rings is 2. The van der Waals surface area contributed by atoms with Crippen molar-refractivity contribution < 1.29 is 33.4 Å². The fourth-order valence-corrected chi connectivity index (χ4v) is 10.6. The minimum Gasteiger partial charge on any atom is -0.464 e. The van der Waals surface area contributed by atoms with Gasteiger partial charge in [-0.15, -0.1) is 0 Å². The zero-order chi connectivity index (χ0) is 51.3. The van der Waals surface area contributed by atoms with Gasteiger partial charge in [-0.05, 0) is 98.5 Å². The Hall–Kier alpha value is -6.10. The number of piperazine rings is 1. The van der Waals surface area contributed by atoms with Crippen molar-refractivity contribution in [2.75, 3.05) is 67.1 Å². The number of carbonyl (C=O) groups is 5. The molecular weight excluding hydrogens is 899 g/mol. The van der Waals surface area contributed by atoms with Crippen molar-refractivity contribution in [2.24, 2.45) is 11.3 Å². The van der Waals surface area contributed by atoms with Crippen LogP contribution in [-0.2, 0) is 48.0 Å². The van der Waals surface area contributed by atoms with Crippen molar-refractivity contribution in [2.45, 2.75) is 111 Å². The number of cyclic esters (lactones) is 1. The molecule has 5 amide bonds. The van der Waals surface area contributed by atoms with Crippen molar-refractivity contribution in [3.05, 3.63) is 90.3 Å². The molecule has 2 aromatic heterocycles. The maximum atomic E-state index is 14.8. The van der Waals surface area contributed by atoms with Crippen molar-refractivity contribution >= 4 is 40.6 Å². The van der Waals surface area contributed by atoms with Crippen LogP contribution in [0.5, 0.6) is 0 Å². The van der Waals surface area contributed by atoms with Gasteiger partial charge in [0.05, 0.1) is 24.1 Å². The number of ether oxygens (including phenoxy) is 2. The number of likely N-dealkylation sites (N-methyl/N-ethyl adjacent to an activating group) is 2. The number of esters is 1. The van der Waals surface area contributed by atoms with E-state index in [1.165, 1.54) is 16.0 Å². The molecule has 3 aliphatic heterocycles. The molecule has 2 aromatic carbocycles. The van der Waals surface area contributed by atoms with E-state index >= 15 is 0 Å². The summed E-state index contributed by atoms with van der Waals surface area (Å²) in [6, 6.07) is 15.7. The lowest BCUT2D eigenvalue weighted by molar-refractivity contribution is -0.155. The number of aryl methyl sites for hydroxylation is 1. The largest absolute Gasteiger partial charge is 0.464 e. The van der Waals surface area contributed by atoms with Crippen LogP contribution in [0.2, 0.25) is 0 Å². The molecule has 5 atom stereocenters. The third-order valence-corrected chi connectivity index (χ3v) is 14.6. The molecule has 2 N–H and O–H groups in total. The first-order chi connectivity index (χ1) is 33.9. The number of nitrogens with zero attached hydrogens (tertiary/aromatic N) is 7. The molecule has 0 radical (unpaired) electrons. The van der Waals surface area contributed by atoms with Gasteiger partial charge in [-0.2, -0.15) is 0 Å². The summed E-state index contributed by atoms with van der Waals surface area (Å²) in [7, 11) is 5.08. The first-order valence-corrected chi connectivity index (χ1v) is 25.3. The summed E-state index contributed by atoms with van der Waals surface area (Å²) in [6.45, 7) is 21.7. The molecule has 16 heteroatoms. The van der Waals surface area contributed by atoms with Gasteiger partial charge in [0.15, 0.2) is 0 Å². The van der Waals surface area contributed by atoms with Crippen LogP contribution in [0.3, 0.4) is 0 Å². The molecule has 3 aliphatic rings. The number of carbonyl (C=O) groups excluding carboxylic acids is 5. The summed E-state index contributed by atoms with van der Waals surface area (Å²) >= 11 is 0. The summed E-state index contributed by atoms with van der Waals surface area (Å²) in [5, 5.41) is 5.64. The quantitative estimate of drug-likeness (QED) is 0.119. The number of methoxy groups -OCH3 is 1. The fraction of sp³-hybridized carbons (Fsp3) is 0.527. The van der Waals surface area contributed by atoms with Gasteiger partial charge in [0.1, 0.15) is 18.1 Å². The standard InChI is InChI=1S/C55H75N9O7/c1-12-47(65)59(9)25-26-61-27-28-62(33-36(61)5)54(69)60(10)49(35(3)4)51(66)57-45-30-38-17-14-18-39(29-38)40-21-22-46-42(31-40)43(50(63(46)13-2)41-19-15-23-56-48(41)37(6)70-11)32-55(7,8)34-71-53(68)44-20-16-24-64(58-44)52(45)67/h12,14-15,17-19,21-23,29,31,35-37,44-45,49,58H,1,13,16,20,24-28,30,32-34H2,2-11H3,(H,57,66)/t36-,37+,44+,45+,49+/m1/s1. The molecule has 16 nitrogen and oxygen atoms in total. The topological polar surface area (TPSA) is 162 Å². The first kappa shape index (κ1) is 52.7. The molecule has 0 aliphatic carbocycles. The molecule has 0 unspecified atom stereocenters. The Kier molecular flexibility index (Phi) is 16.7. The van der Waals surface area contributed by atoms with E-state index in [4.69, 9.17) is 14.5 Å². The van der Waals surface area contributed by atoms with Gasteiger partial charge in [-0.3, -0.25) is 34.1 Å². The number of urea groups is 1. The van der Waals surface area contributed by atoms with Crippen molar-refractivity contribution in [3.63, 3.8) is 0 Å². The lowest BCUT2D eigenvalue weighted by Gasteiger charge is -2.43. The van der Waals surface area contributed by atoms with Crippen LogP contribution < -0.4 is 10.7 Å². The number of fused-ring (bicyclic) bond motifs is 6. The highest BCUT2D eigenvalue weighted by molar-refractivity contribution is 5.96. The predicted octanol–water partition coefficient (Wildman–Crippen LogP) is 6.47. The molecule has 2 saturated heterocycles. The van der Waals surface area contributed by atoms with Gasteiger partial charge in [-0.1, -0.05) is 64.6 Å². The van der Waals surface area contributed by atoms with Crippen LogP contribution in [0.1, 0.15) is 84.2 Å². The van der Waals surface area contributed by atoms with E-state index in [1.54, 1.807) is 37.2 Å². The van der Waals surface area contributed by atoms with E-state index in [0.29, 0.717) is 65.1 Å². The van der Waals surface area contributed by atoms with E-state index in [0.717, 1.165) is 50.1 Å². The second-order valence-corrected chi connectivity index (χ2v) is 20.7. The average molecular weight is 974 g/mol. The summed E-state index contributed by atoms with van der Waals surface area (Å²) < 4.78 is 14.3. The van der Waals surface area contributed by atoms with Gasteiger partial charge >= 0.3 is 12.0 Å². The zero-order valence-corrected chi connectivity index (χ0v) is 43.5. The second-order valence-electron chi connectivity index (χ2n) is 20.7. The number of hydrogen-bond donors (Lipinski definition) is 2. The number of nitrogens with one attached hydrogen (secondary N) is 2. The van der Waals surface area contributed by atoms with E-state index in [1.807, 2.05) is 39.0 Å². The number of rotatable bonds is 12. The Morgan fingerprint density at radius 1 is 1.04 bits per heavy atom. The minimum atomic E-state index is -1.05. The molecule has 382 valence electrons. The zero-order valence-electron chi connectivity index (χ0n) is 43.5. The van der Waals surface area contributed by atoms with Crippen LogP contribution in [0, 0.1) is 11.3 Å². The van der Waals surface area contributed by atoms with Crippen LogP contribution in [0.4, 0.5) is 4.79 Å². The minimum absolute atomic E-state index is 0.0220. The number of hydrogen-bond acceptors (Lipinski definition) is 10. The molecule has 6 bridgehead atoms. The SMILES string of the molecule is C=CC(=O)N(C)CCN1CCN(C(=O)N(C)[C@H](C(=O)N[C@H]2Cc3cccc(c3)-c3ccc4c(c3)c(c(-c3cccnc3[C@H](C)OC)n4CC)CC(C)(C)COC(=O)[C@@H]3CCCN(N3)C2=O)C(C)C)C[C@H]1C. The van der Waals surface area contributed by atoms with Gasteiger partial charge in [-0.25, -0.2) is 10.2 Å². The third kappa shape index (κ3) is 11.7. The molecule has 4 aromatic rings. The molecule has 0 saturated carbocycles. The molecular formula is C55H75N9O7. The van der Waals surface area contributed by atoms with Gasteiger partial charge in [0.2, 0.25) is 11.8 Å². The number of hydrazine groups is 1. The van der Waals surface area contributed by atoms with Crippen LogP contribution in [0.25, 0.3) is 33.3 Å². The summed E-state index contributed by atoms with van der Waals surface area (Å²) in [5.41, 5.74) is 10.5. The monoisotopic (exact) mass is 974 g/mol. The average Bonchev–Trinajstić information content (AvgIpc) is 3.67. The Labute approximate surface area is 419 Å². The van der Waals surface area contributed by atoms with Crippen molar-refractivity contribution in [3.8, 4) is 22.4 Å². The second kappa shape index (κ2) is 22.5. The Bertz CT molecular complexity index is 2610. The molecule has 0 spiro atoms. The lowest BCUT2D eigenvalue weighted by Crippen LogP contribution is -2.63. The van der Waals surface area contributed by atoms with E-state index in [9.17, 15) is 24.0 Å². The number of amides is 5. The van der Waals surface area contributed by atoms with Gasteiger partial charge < -0.3 is 34.1 Å². The lowest BCUT2D eigenvalue weighted by atomic mass is 9.84. The smallest absolute Gasteiger partial charge is 0.324 e. The van der Waals surface area contributed by atoms with Gasteiger partial charge in [0.25, 0.3) is 5.91 Å². The van der Waals surface area contributed by atoms with Gasteiger partial charge in [0, 0.05) is 108 Å². The predicted molar refractivity (Wildman–Crippen MR) is 276 cm³/mol. The number of aromatic nitrogens is 2. The van der Waals surface area contributed by atoms with Crippen LogP contribution >= 0.6 is 0 Å². The van der Waals surface area contributed by atoms with E-state index in [2.05, 4.69) is 90.9 Å².